The van der Waals surface area contributed by atoms with Crippen LogP contribution in [-0.2, 0) is 17.8 Å². The molecule has 31 heavy (non-hydrogen) atoms. The average Bonchev–Trinajstić information content (AvgIpc) is 2.78. The Morgan fingerprint density at radius 3 is 2.55 bits per heavy atom. The van der Waals surface area contributed by atoms with Crippen molar-refractivity contribution in [3.63, 3.8) is 0 Å². The molecule has 1 heterocycles. The number of methoxy groups -OCH3 is 1. The summed E-state index contributed by atoms with van der Waals surface area (Å²) in [7, 11) is 1.67. The maximum Gasteiger partial charge on any atom is 0.254 e. The molecule has 1 aliphatic heterocycles. The van der Waals surface area contributed by atoms with Crippen molar-refractivity contribution in [2.75, 3.05) is 39.8 Å². The molecule has 2 aromatic carbocycles. The third-order valence-corrected chi connectivity index (χ3v) is 5.31. The first-order valence-electron chi connectivity index (χ1n) is 10.4. The molecule has 0 aromatic heterocycles. The molecular weight excluding hydrogens is 392 g/mol. The number of phenols is 1. The van der Waals surface area contributed by atoms with Crippen LogP contribution in [0.3, 0.4) is 0 Å². The summed E-state index contributed by atoms with van der Waals surface area (Å²) < 4.78 is 5.20. The molecule has 1 fully saturated rings. The fourth-order valence-electron chi connectivity index (χ4n) is 3.54. The molecule has 7 nitrogen and oxygen atoms in total. The Hall–Kier alpha value is -3.16. The van der Waals surface area contributed by atoms with E-state index in [1.54, 1.807) is 19.3 Å². The average molecular weight is 423 g/mol. The van der Waals surface area contributed by atoms with Gasteiger partial charge >= 0.3 is 0 Å². The molecular formula is C24H30N4O3. The Morgan fingerprint density at radius 2 is 1.87 bits per heavy atom. The molecule has 0 bridgehead atoms. The number of carbonyl (C=O) groups excluding carboxylic acids is 1. The molecule has 1 aliphatic rings. The number of aromatic hydroxyl groups is 1. The van der Waals surface area contributed by atoms with Crippen molar-refractivity contribution in [1.29, 1.82) is 0 Å². The van der Waals surface area contributed by atoms with E-state index >= 15 is 0 Å². The number of para-hydroxylation sites is 1. The first kappa shape index (κ1) is 22.5. The lowest BCUT2D eigenvalue weighted by Gasteiger charge is -2.34. The Balaban J connectivity index is 1.41. The zero-order valence-corrected chi connectivity index (χ0v) is 18.0. The van der Waals surface area contributed by atoms with Gasteiger partial charge in [-0.1, -0.05) is 30.3 Å². The number of piperazine rings is 1. The molecule has 2 N–H and O–H groups in total. The van der Waals surface area contributed by atoms with E-state index in [2.05, 4.69) is 39.0 Å². The number of rotatable bonds is 9. The molecule has 0 spiro atoms. The number of nitrogens with one attached hydrogen (secondary N) is 1. The molecule has 2 aromatic rings. The van der Waals surface area contributed by atoms with Crippen molar-refractivity contribution in [1.82, 2.24) is 15.2 Å². The minimum atomic E-state index is -0.165. The van der Waals surface area contributed by atoms with Gasteiger partial charge in [-0.05, 0) is 35.7 Å². The van der Waals surface area contributed by atoms with Crippen molar-refractivity contribution in [2.24, 2.45) is 5.10 Å². The smallest absolute Gasteiger partial charge is 0.254 e. The quantitative estimate of drug-likeness (QED) is 0.369. The lowest BCUT2D eigenvalue weighted by Crippen LogP contribution is -2.48. The highest BCUT2D eigenvalue weighted by Gasteiger charge is 2.19. The number of hydrogen-bond acceptors (Lipinski definition) is 6. The number of amides is 1. The number of allylic oxidation sites excluding steroid dienone is 1. The zero-order chi connectivity index (χ0) is 22.1. The summed E-state index contributed by atoms with van der Waals surface area (Å²) in [5.41, 5.74) is 5.14. The van der Waals surface area contributed by atoms with E-state index in [0.29, 0.717) is 18.5 Å². The summed E-state index contributed by atoms with van der Waals surface area (Å²) >= 11 is 0. The second-order valence-electron chi connectivity index (χ2n) is 7.54. The Morgan fingerprint density at radius 1 is 1.16 bits per heavy atom. The third kappa shape index (κ3) is 6.67. The van der Waals surface area contributed by atoms with E-state index in [-0.39, 0.29) is 11.7 Å². The lowest BCUT2D eigenvalue weighted by atomic mass is 10.1. The molecule has 1 amide bonds. The minimum absolute atomic E-state index is 0.161. The normalized spacial score (nSPS) is 15.1. The standard InChI is InChI=1S/C24H30N4O3/c1-3-5-20-6-4-7-21(24(20)30)16-25-26-23(29)18-28-14-12-27(13-15-28)17-19-8-10-22(31-2)11-9-19/h3-4,6-11,16,30H,1,5,12-15,17-18H2,2H3,(H,26,29)/b25-16+. The van der Waals surface area contributed by atoms with Crippen LogP contribution in [0.15, 0.2) is 60.2 Å². The minimum Gasteiger partial charge on any atom is -0.507 e. The Labute approximate surface area is 183 Å². The predicted octanol–water partition coefficient (Wildman–Crippen LogP) is 2.40. The fraction of sp³-hybridized carbons (Fsp3) is 0.333. The maximum atomic E-state index is 12.2. The van der Waals surface area contributed by atoms with Crippen LogP contribution in [0.2, 0.25) is 0 Å². The van der Waals surface area contributed by atoms with E-state index in [4.69, 9.17) is 4.74 Å². The molecule has 0 atom stereocenters. The van der Waals surface area contributed by atoms with Gasteiger partial charge in [0.1, 0.15) is 11.5 Å². The van der Waals surface area contributed by atoms with Crippen LogP contribution in [0.1, 0.15) is 16.7 Å². The van der Waals surface area contributed by atoms with E-state index in [1.807, 2.05) is 24.3 Å². The van der Waals surface area contributed by atoms with Crippen LogP contribution in [-0.4, -0.2) is 66.9 Å². The highest BCUT2D eigenvalue weighted by molar-refractivity contribution is 5.86. The largest absolute Gasteiger partial charge is 0.507 e. The van der Waals surface area contributed by atoms with Crippen LogP contribution in [0, 0.1) is 0 Å². The van der Waals surface area contributed by atoms with Crippen LogP contribution in [0.25, 0.3) is 0 Å². The molecule has 3 rings (SSSR count). The SMILES string of the molecule is C=CCc1cccc(/C=N/NC(=O)CN2CCN(Cc3ccc(OC)cc3)CC2)c1O. The van der Waals surface area contributed by atoms with Gasteiger partial charge in [0.25, 0.3) is 5.91 Å². The number of nitrogens with zero attached hydrogens (tertiary/aromatic N) is 3. The first-order valence-corrected chi connectivity index (χ1v) is 10.4. The van der Waals surface area contributed by atoms with Gasteiger partial charge in [0, 0.05) is 38.3 Å². The van der Waals surface area contributed by atoms with Gasteiger partial charge in [-0.2, -0.15) is 5.10 Å². The zero-order valence-electron chi connectivity index (χ0n) is 18.0. The van der Waals surface area contributed by atoms with Crippen molar-refractivity contribution < 1.29 is 14.6 Å². The van der Waals surface area contributed by atoms with Crippen molar-refractivity contribution in [3.05, 3.63) is 71.8 Å². The summed E-state index contributed by atoms with van der Waals surface area (Å²) in [5, 5.41) is 14.2. The molecule has 0 unspecified atom stereocenters. The van der Waals surface area contributed by atoms with Crippen molar-refractivity contribution in [2.45, 2.75) is 13.0 Å². The van der Waals surface area contributed by atoms with Gasteiger partial charge in [-0.25, -0.2) is 5.43 Å². The van der Waals surface area contributed by atoms with Crippen molar-refractivity contribution in [3.8, 4) is 11.5 Å². The van der Waals surface area contributed by atoms with Crippen molar-refractivity contribution >= 4 is 12.1 Å². The van der Waals surface area contributed by atoms with Gasteiger partial charge in [-0.15, -0.1) is 6.58 Å². The highest BCUT2D eigenvalue weighted by Crippen LogP contribution is 2.21. The number of benzene rings is 2. The molecule has 7 heteroatoms. The molecule has 0 radical (unpaired) electrons. The van der Waals surface area contributed by atoms with Gasteiger partial charge < -0.3 is 9.84 Å². The number of hydrazone groups is 1. The van der Waals surface area contributed by atoms with Crippen LogP contribution in [0.4, 0.5) is 0 Å². The number of hydrogen-bond donors (Lipinski definition) is 2. The number of ether oxygens (including phenoxy) is 1. The molecule has 0 aliphatic carbocycles. The Kier molecular flexibility index (Phi) is 8.20. The van der Waals surface area contributed by atoms with Gasteiger partial charge in [0.05, 0.1) is 19.9 Å². The van der Waals surface area contributed by atoms with E-state index in [9.17, 15) is 9.90 Å². The molecule has 1 saturated heterocycles. The summed E-state index contributed by atoms with van der Waals surface area (Å²) in [6.07, 6.45) is 3.77. The second kappa shape index (κ2) is 11.3. The van der Waals surface area contributed by atoms with Gasteiger partial charge in [-0.3, -0.25) is 14.6 Å². The summed E-state index contributed by atoms with van der Waals surface area (Å²) in [4.78, 5) is 16.7. The first-order chi connectivity index (χ1) is 15.1. The molecule has 164 valence electrons. The number of phenolic OH excluding ortho intramolecular Hbond substituents is 1. The number of carbonyl (C=O) groups is 1. The van der Waals surface area contributed by atoms with Crippen LogP contribution in [0.5, 0.6) is 11.5 Å². The second-order valence-corrected chi connectivity index (χ2v) is 7.54. The van der Waals surface area contributed by atoms with Gasteiger partial charge in [0.15, 0.2) is 0 Å². The van der Waals surface area contributed by atoms with E-state index < -0.39 is 0 Å². The predicted molar refractivity (Wildman–Crippen MR) is 122 cm³/mol. The van der Waals surface area contributed by atoms with Crippen LogP contribution < -0.4 is 10.2 Å². The summed E-state index contributed by atoms with van der Waals surface area (Å²) in [6, 6.07) is 13.6. The monoisotopic (exact) mass is 422 g/mol. The van der Waals surface area contributed by atoms with E-state index in [1.165, 1.54) is 11.8 Å². The summed E-state index contributed by atoms with van der Waals surface area (Å²) in [6.45, 7) is 8.36. The summed E-state index contributed by atoms with van der Waals surface area (Å²) in [5.74, 6) is 0.858. The van der Waals surface area contributed by atoms with E-state index in [0.717, 1.165) is 44.0 Å². The lowest BCUT2D eigenvalue weighted by molar-refractivity contribution is -0.122. The topological polar surface area (TPSA) is 77.4 Å². The third-order valence-electron chi connectivity index (χ3n) is 5.31. The maximum absolute atomic E-state index is 12.2. The van der Waals surface area contributed by atoms with Crippen LogP contribution >= 0.6 is 0 Å². The Bertz CT molecular complexity index is 904. The molecule has 0 saturated carbocycles. The highest BCUT2D eigenvalue weighted by atomic mass is 16.5. The van der Waals surface area contributed by atoms with Gasteiger partial charge in [0.2, 0.25) is 0 Å². The fourth-order valence-corrected chi connectivity index (χ4v) is 3.54.